The molecule has 48 heavy (non-hydrogen) atoms. The first-order chi connectivity index (χ1) is 23.7. The van der Waals surface area contributed by atoms with Crippen molar-refractivity contribution in [2.75, 3.05) is 0 Å². The van der Waals surface area contributed by atoms with E-state index in [9.17, 15) is 0 Å². The van der Waals surface area contributed by atoms with Crippen molar-refractivity contribution >= 4 is 60.6 Å². The van der Waals surface area contributed by atoms with E-state index in [0.29, 0.717) is 5.92 Å². The first-order valence-corrected chi connectivity index (χ1v) is 18.9. The molecular weight excluding hydrogens is 637 g/mol. The van der Waals surface area contributed by atoms with Crippen LogP contribution in [0.1, 0.15) is 35.1 Å². The third kappa shape index (κ3) is 5.00. The molecule has 2 aliphatic heterocycles. The average molecular weight is 669 g/mol. The molecule has 3 heteroatoms. The summed E-state index contributed by atoms with van der Waals surface area (Å²) < 4.78 is 2.67. The number of fused-ring (bicyclic) bond motifs is 6. The van der Waals surface area contributed by atoms with E-state index in [1.54, 1.807) is 0 Å². The number of benzene rings is 6. The van der Waals surface area contributed by atoms with Gasteiger partial charge in [-0.25, -0.2) is 0 Å². The van der Waals surface area contributed by atoms with E-state index in [1.165, 1.54) is 89.8 Å². The van der Waals surface area contributed by atoms with Gasteiger partial charge < -0.3 is 0 Å². The van der Waals surface area contributed by atoms with E-state index in [4.69, 9.17) is 0 Å². The lowest BCUT2D eigenvalue weighted by Crippen LogP contribution is -2.01. The fourth-order valence-electron chi connectivity index (χ4n) is 7.26. The molecule has 0 saturated heterocycles. The number of rotatable bonds is 5. The summed E-state index contributed by atoms with van der Waals surface area (Å²) in [6.07, 6.45) is 7.22. The predicted octanol–water partition coefficient (Wildman–Crippen LogP) is 13.8. The van der Waals surface area contributed by atoms with E-state index in [2.05, 4.69) is 153 Å². The van der Waals surface area contributed by atoms with Crippen molar-refractivity contribution in [3.63, 3.8) is 0 Å². The van der Waals surface area contributed by atoms with Crippen LogP contribution in [0.25, 0.3) is 48.0 Å². The minimum atomic E-state index is 0.311. The summed E-state index contributed by atoms with van der Waals surface area (Å²) in [5, 5.41) is 2.65. The standard InChI is InChI=1S/C45H32S3/c1-3-4-15-35(43-28(2)34-16-6-9-22-41(34)47-43)31-25-32(36-18-11-14-30-24-29-13-5-8-21-40(29)46-44(30)36)27-33(26-31)37-19-12-20-39-38-17-7-10-23-42(38)48-45(37)39/h3-23,25-28H,1,24H2,2H3/b15-4-,43-35-. The van der Waals surface area contributed by atoms with Gasteiger partial charge in [0.05, 0.1) is 0 Å². The molecule has 230 valence electrons. The van der Waals surface area contributed by atoms with E-state index in [-0.39, 0.29) is 0 Å². The molecule has 7 aromatic rings. The third-order valence-corrected chi connectivity index (χ3v) is 13.5. The van der Waals surface area contributed by atoms with Gasteiger partial charge in [0.1, 0.15) is 0 Å². The number of hydrogen-bond acceptors (Lipinski definition) is 3. The fraction of sp³-hybridized carbons (Fsp3) is 0.0667. The van der Waals surface area contributed by atoms with Crippen LogP contribution in [-0.4, -0.2) is 0 Å². The monoisotopic (exact) mass is 668 g/mol. The van der Waals surface area contributed by atoms with E-state index < -0.39 is 0 Å². The molecule has 0 bridgehead atoms. The Kier molecular flexibility index (Phi) is 7.50. The van der Waals surface area contributed by atoms with Crippen LogP contribution in [0, 0.1) is 0 Å². The fourth-order valence-corrected chi connectivity index (χ4v) is 11.0. The van der Waals surface area contributed by atoms with Gasteiger partial charge >= 0.3 is 0 Å². The summed E-state index contributed by atoms with van der Waals surface area (Å²) >= 11 is 5.73. The highest BCUT2D eigenvalue weighted by Crippen LogP contribution is 2.53. The van der Waals surface area contributed by atoms with E-state index >= 15 is 0 Å². The second-order valence-electron chi connectivity index (χ2n) is 12.5. The zero-order chi connectivity index (χ0) is 32.2. The van der Waals surface area contributed by atoms with Crippen molar-refractivity contribution in [3.8, 4) is 22.3 Å². The van der Waals surface area contributed by atoms with Crippen molar-refractivity contribution in [3.05, 3.63) is 179 Å². The van der Waals surface area contributed by atoms with Gasteiger partial charge in [-0.3, -0.25) is 0 Å². The number of allylic oxidation sites excluding steroid dienone is 5. The molecule has 0 radical (unpaired) electrons. The Morgan fingerprint density at radius 3 is 2.27 bits per heavy atom. The normalized spacial score (nSPS) is 16.2. The Bertz CT molecular complexity index is 2470. The van der Waals surface area contributed by atoms with Gasteiger partial charge in [0, 0.05) is 45.7 Å². The summed E-state index contributed by atoms with van der Waals surface area (Å²) in [6, 6.07) is 47.5. The van der Waals surface area contributed by atoms with Crippen LogP contribution >= 0.6 is 34.9 Å². The molecule has 0 amide bonds. The maximum absolute atomic E-state index is 4.05. The van der Waals surface area contributed by atoms with Crippen LogP contribution in [-0.2, 0) is 6.42 Å². The molecular formula is C45H32S3. The highest BCUT2D eigenvalue weighted by molar-refractivity contribution is 8.03. The van der Waals surface area contributed by atoms with Crippen molar-refractivity contribution in [1.29, 1.82) is 0 Å². The lowest BCUT2D eigenvalue weighted by molar-refractivity contribution is 0.946. The molecule has 9 rings (SSSR count). The maximum atomic E-state index is 4.05. The van der Waals surface area contributed by atoms with Gasteiger partial charge in [-0.05, 0) is 92.9 Å². The van der Waals surface area contributed by atoms with Gasteiger partial charge in [-0.1, -0.05) is 146 Å². The van der Waals surface area contributed by atoms with Gasteiger partial charge in [0.15, 0.2) is 0 Å². The minimum Gasteiger partial charge on any atom is -0.135 e. The van der Waals surface area contributed by atoms with Crippen LogP contribution in [0.2, 0.25) is 0 Å². The van der Waals surface area contributed by atoms with Crippen LogP contribution in [0.4, 0.5) is 0 Å². The van der Waals surface area contributed by atoms with Crippen LogP contribution in [0.3, 0.4) is 0 Å². The minimum absolute atomic E-state index is 0.311. The largest absolute Gasteiger partial charge is 0.135 e. The number of thiophene rings is 1. The van der Waals surface area contributed by atoms with Gasteiger partial charge in [0.2, 0.25) is 0 Å². The second kappa shape index (κ2) is 12.2. The van der Waals surface area contributed by atoms with Crippen molar-refractivity contribution in [2.24, 2.45) is 0 Å². The summed E-state index contributed by atoms with van der Waals surface area (Å²) in [4.78, 5) is 5.46. The molecule has 1 atom stereocenters. The van der Waals surface area contributed by atoms with E-state index in [0.717, 1.165) is 6.42 Å². The Hall–Kier alpha value is -4.54. The topological polar surface area (TPSA) is 0 Å². The van der Waals surface area contributed by atoms with E-state index in [1.807, 2.05) is 40.9 Å². The Labute approximate surface area is 294 Å². The lowest BCUT2D eigenvalue weighted by atomic mass is 9.89. The molecule has 0 nitrogen and oxygen atoms in total. The molecule has 0 saturated carbocycles. The number of hydrogen-bond donors (Lipinski definition) is 0. The first kappa shape index (κ1) is 29.6. The Balaban J connectivity index is 1.30. The van der Waals surface area contributed by atoms with Gasteiger partial charge in [-0.15, -0.1) is 11.3 Å². The third-order valence-electron chi connectivity index (χ3n) is 9.60. The highest BCUT2D eigenvalue weighted by Gasteiger charge is 2.28. The van der Waals surface area contributed by atoms with Crippen LogP contribution in [0.15, 0.2) is 172 Å². The summed E-state index contributed by atoms with van der Waals surface area (Å²) in [6.45, 7) is 6.39. The molecule has 0 N–H and O–H groups in total. The molecule has 0 fully saturated rings. The van der Waals surface area contributed by atoms with Crippen LogP contribution in [0.5, 0.6) is 0 Å². The summed E-state index contributed by atoms with van der Waals surface area (Å²) in [5.41, 5.74) is 11.8. The van der Waals surface area contributed by atoms with Crippen molar-refractivity contribution < 1.29 is 0 Å². The van der Waals surface area contributed by atoms with Crippen molar-refractivity contribution in [2.45, 2.75) is 33.9 Å². The Morgan fingerprint density at radius 1 is 0.688 bits per heavy atom. The molecule has 1 unspecified atom stereocenters. The molecule has 0 spiro atoms. The smallest absolute Gasteiger partial charge is 0.0433 e. The first-order valence-electron chi connectivity index (χ1n) is 16.4. The summed E-state index contributed by atoms with van der Waals surface area (Å²) in [5.74, 6) is 0.311. The van der Waals surface area contributed by atoms with Crippen molar-refractivity contribution in [1.82, 2.24) is 0 Å². The maximum Gasteiger partial charge on any atom is 0.0433 e. The Morgan fingerprint density at radius 2 is 1.40 bits per heavy atom. The highest BCUT2D eigenvalue weighted by atomic mass is 32.2. The molecule has 1 aromatic heterocycles. The zero-order valence-electron chi connectivity index (χ0n) is 26.6. The molecule has 3 heterocycles. The molecule has 0 aliphatic carbocycles. The zero-order valence-corrected chi connectivity index (χ0v) is 29.0. The molecule has 6 aromatic carbocycles. The average Bonchev–Trinajstić information content (AvgIpc) is 3.68. The quantitative estimate of drug-likeness (QED) is 0.167. The SMILES string of the molecule is C=C/C=C\C(=C1\Sc2ccccc2C1C)c1cc(-c2cccc3c2Sc2ccccc2C3)cc(-c2cccc3c2sc2ccccc23)c1. The second-order valence-corrected chi connectivity index (χ2v) is 15.7. The van der Waals surface area contributed by atoms with Crippen LogP contribution < -0.4 is 0 Å². The summed E-state index contributed by atoms with van der Waals surface area (Å²) in [7, 11) is 0. The molecule has 2 aliphatic rings. The van der Waals surface area contributed by atoms with Gasteiger partial charge in [-0.2, -0.15) is 0 Å². The van der Waals surface area contributed by atoms with Gasteiger partial charge in [0.25, 0.3) is 0 Å². The number of thioether (sulfide) groups is 1. The lowest BCUT2D eigenvalue weighted by Gasteiger charge is -2.22. The predicted molar refractivity (Wildman–Crippen MR) is 211 cm³/mol.